The Morgan fingerprint density at radius 2 is 1.32 bits per heavy atom. The van der Waals surface area contributed by atoms with Crippen molar-refractivity contribution in [1.29, 1.82) is 0 Å². The van der Waals surface area contributed by atoms with Crippen molar-refractivity contribution in [3.05, 3.63) is 82.9 Å². The van der Waals surface area contributed by atoms with E-state index in [0.29, 0.717) is 18.3 Å². The van der Waals surface area contributed by atoms with E-state index in [9.17, 15) is 8.78 Å². The molecule has 0 unspecified atom stereocenters. The Bertz CT molecular complexity index is 946. The number of hydrogen-bond donors (Lipinski definition) is 0. The van der Waals surface area contributed by atoms with Crippen molar-refractivity contribution >= 4 is 0 Å². The van der Waals surface area contributed by atoms with E-state index < -0.39 is 6.11 Å². The number of allylic oxidation sites excluding steroid dienone is 2. The number of alkyl halides is 2. The average Bonchev–Trinajstić information content (AvgIpc) is 2.94. The van der Waals surface area contributed by atoms with Crippen molar-refractivity contribution in [1.82, 2.24) is 0 Å². The first-order chi connectivity index (χ1) is 18.0. The molecule has 0 aliphatic heterocycles. The molecule has 0 bridgehead atoms. The highest BCUT2D eigenvalue weighted by Gasteiger charge is 2.33. The van der Waals surface area contributed by atoms with Crippen molar-refractivity contribution in [3.63, 3.8) is 0 Å². The summed E-state index contributed by atoms with van der Waals surface area (Å²) < 4.78 is 34.6. The molecule has 0 spiro atoms. The molecule has 37 heavy (non-hydrogen) atoms. The van der Waals surface area contributed by atoms with Crippen LogP contribution in [0.25, 0.3) is 0 Å². The van der Waals surface area contributed by atoms with Gasteiger partial charge < -0.3 is 4.74 Å². The van der Waals surface area contributed by atoms with Gasteiger partial charge in [0.05, 0.1) is 12.2 Å². The summed E-state index contributed by atoms with van der Waals surface area (Å²) in [5, 5.41) is 0. The van der Waals surface area contributed by atoms with E-state index in [1.54, 1.807) is 12.1 Å². The first-order valence-corrected chi connectivity index (χ1v) is 14.8. The zero-order valence-corrected chi connectivity index (χ0v) is 22.9. The second-order valence-corrected chi connectivity index (χ2v) is 11.5. The summed E-state index contributed by atoms with van der Waals surface area (Å²) >= 11 is 0. The van der Waals surface area contributed by atoms with Crippen LogP contribution in [-0.2, 0) is 17.3 Å². The minimum absolute atomic E-state index is 0.00688. The van der Waals surface area contributed by atoms with E-state index >= 15 is 0 Å². The summed E-state index contributed by atoms with van der Waals surface area (Å²) in [5.41, 5.74) is 3.59. The third-order valence-electron chi connectivity index (χ3n) is 9.09. The molecule has 3 heteroatoms. The molecule has 0 amide bonds. The summed E-state index contributed by atoms with van der Waals surface area (Å²) in [7, 11) is 0. The van der Waals surface area contributed by atoms with Crippen molar-refractivity contribution in [2.24, 2.45) is 11.8 Å². The Morgan fingerprint density at radius 1 is 0.784 bits per heavy atom. The van der Waals surface area contributed by atoms with Gasteiger partial charge in [-0.3, -0.25) is 0 Å². The number of halogens is 2. The fourth-order valence-electron chi connectivity index (χ4n) is 6.47. The van der Waals surface area contributed by atoms with Gasteiger partial charge in [-0.1, -0.05) is 74.0 Å². The fourth-order valence-corrected chi connectivity index (χ4v) is 6.47. The minimum atomic E-state index is -3.26. The molecule has 0 aromatic heterocycles. The Morgan fingerprint density at radius 3 is 1.86 bits per heavy atom. The van der Waals surface area contributed by atoms with Gasteiger partial charge in [-0.2, -0.15) is 8.78 Å². The van der Waals surface area contributed by atoms with E-state index in [4.69, 9.17) is 4.74 Å². The van der Waals surface area contributed by atoms with Crippen LogP contribution in [0.15, 0.2) is 60.7 Å². The SMILES string of the molecule is CC=CCCC1CCC(c2ccc(C(F)(F)OCCc3ccc(C4CCC(CC)CC4)cc3)cc2)CC1. The quantitative estimate of drug-likeness (QED) is 0.274. The topological polar surface area (TPSA) is 9.23 Å². The van der Waals surface area contributed by atoms with Crippen LogP contribution in [0, 0.1) is 11.8 Å². The zero-order valence-electron chi connectivity index (χ0n) is 22.9. The second kappa shape index (κ2) is 13.7. The van der Waals surface area contributed by atoms with Crippen molar-refractivity contribution in [2.75, 3.05) is 6.61 Å². The monoisotopic (exact) mass is 508 g/mol. The molecule has 1 nitrogen and oxygen atoms in total. The van der Waals surface area contributed by atoms with Crippen LogP contribution < -0.4 is 0 Å². The lowest BCUT2D eigenvalue weighted by Gasteiger charge is -2.29. The Labute approximate surface area is 223 Å². The van der Waals surface area contributed by atoms with Gasteiger partial charge in [-0.15, -0.1) is 0 Å². The third kappa shape index (κ3) is 7.99. The zero-order chi connectivity index (χ0) is 26.1. The average molecular weight is 509 g/mol. The molecule has 0 N–H and O–H groups in total. The van der Waals surface area contributed by atoms with E-state index in [0.717, 1.165) is 30.2 Å². The highest BCUT2D eigenvalue weighted by molar-refractivity contribution is 5.28. The van der Waals surface area contributed by atoms with Crippen LogP contribution in [0.1, 0.15) is 119 Å². The van der Waals surface area contributed by atoms with Crippen LogP contribution in [0.3, 0.4) is 0 Å². The normalized spacial score (nSPS) is 25.0. The lowest BCUT2D eigenvalue weighted by atomic mass is 9.77. The maximum atomic E-state index is 14.8. The summed E-state index contributed by atoms with van der Waals surface area (Å²) in [6.45, 7) is 4.37. The highest BCUT2D eigenvalue weighted by Crippen LogP contribution is 2.39. The van der Waals surface area contributed by atoms with E-state index in [1.165, 1.54) is 68.9 Å². The van der Waals surface area contributed by atoms with Crippen LogP contribution in [0.4, 0.5) is 8.78 Å². The van der Waals surface area contributed by atoms with Gasteiger partial charge in [0, 0.05) is 0 Å². The molecule has 0 atom stereocenters. The number of hydrogen-bond acceptors (Lipinski definition) is 1. The summed E-state index contributed by atoms with van der Waals surface area (Å²) in [6.07, 6.45) is 15.3. The molecule has 2 saturated carbocycles. The molecule has 4 rings (SSSR count). The van der Waals surface area contributed by atoms with Gasteiger partial charge >= 0.3 is 6.11 Å². The summed E-state index contributed by atoms with van der Waals surface area (Å²) in [4.78, 5) is 0. The van der Waals surface area contributed by atoms with Crippen molar-refractivity contribution in [2.45, 2.75) is 109 Å². The molecule has 2 aliphatic rings. The highest BCUT2D eigenvalue weighted by atomic mass is 19.3. The first kappa shape index (κ1) is 28.0. The smallest absolute Gasteiger partial charge is 0.316 e. The largest absolute Gasteiger partial charge is 0.383 e. The number of rotatable bonds is 11. The Kier molecular flexibility index (Phi) is 10.4. The maximum absolute atomic E-state index is 14.8. The number of benzene rings is 2. The lowest BCUT2D eigenvalue weighted by molar-refractivity contribution is -0.248. The lowest BCUT2D eigenvalue weighted by Crippen LogP contribution is -2.20. The standard InChI is InChI=1S/C34H46F2O/c1-3-5-6-7-27-10-16-31(17-11-27)32-20-22-33(23-21-32)34(35,36)37-25-24-28-12-18-30(19-13-28)29-14-8-26(4-2)9-15-29/h3,5,12-13,18-23,26-27,29,31H,4,6-11,14-17,24-25H2,1-2H3. The van der Waals surface area contributed by atoms with Gasteiger partial charge in [-0.25, -0.2) is 0 Å². The van der Waals surface area contributed by atoms with E-state index in [1.807, 2.05) is 12.1 Å². The van der Waals surface area contributed by atoms with Gasteiger partial charge in [0.25, 0.3) is 0 Å². The van der Waals surface area contributed by atoms with Crippen molar-refractivity contribution < 1.29 is 13.5 Å². The minimum Gasteiger partial charge on any atom is -0.316 e. The molecule has 0 heterocycles. The molecule has 0 radical (unpaired) electrons. The molecule has 2 fully saturated rings. The summed E-state index contributed by atoms with van der Waals surface area (Å²) in [5.74, 6) is 2.84. The Balaban J connectivity index is 1.21. The van der Waals surface area contributed by atoms with Crippen LogP contribution in [0.5, 0.6) is 0 Å². The van der Waals surface area contributed by atoms with Crippen LogP contribution in [0.2, 0.25) is 0 Å². The van der Waals surface area contributed by atoms with Gasteiger partial charge in [0.15, 0.2) is 0 Å². The van der Waals surface area contributed by atoms with Gasteiger partial charge in [0.2, 0.25) is 0 Å². The molecular formula is C34H46F2O. The Hall–Kier alpha value is -2.00. The molecule has 0 saturated heterocycles. The van der Waals surface area contributed by atoms with Crippen molar-refractivity contribution in [3.8, 4) is 0 Å². The molecule has 202 valence electrons. The number of ether oxygens (including phenoxy) is 1. The summed E-state index contributed by atoms with van der Waals surface area (Å²) in [6, 6.07) is 15.5. The fraction of sp³-hybridized carbons (Fsp3) is 0.588. The van der Waals surface area contributed by atoms with E-state index in [-0.39, 0.29) is 12.2 Å². The van der Waals surface area contributed by atoms with E-state index in [2.05, 4.69) is 50.3 Å². The molecule has 2 aromatic rings. The maximum Gasteiger partial charge on any atom is 0.383 e. The van der Waals surface area contributed by atoms with Crippen LogP contribution in [-0.4, -0.2) is 6.61 Å². The molecule has 2 aliphatic carbocycles. The third-order valence-corrected chi connectivity index (χ3v) is 9.09. The second-order valence-electron chi connectivity index (χ2n) is 11.5. The van der Waals surface area contributed by atoms with Gasteiger partial charge in [-0.05, 0) is 118 Å². The molecular weight excluding hydrogens is 462 g/mol. The predicted octanol–water partition coefficient (Wildman–Crippen LogP) is 10.3. The first-order valence-electron chi connectivity index (χ1n) is 14.8. The molecule has 2 aromatic carbocycles. The van der Waals surface area contributed by atoms with Crippen LogP contribution >= 0.6 is 0 Å². The predicted molar refractivity (Wildman–Crippen MR) is 150 cm³/mol. The van der Waals surface area contributed by atoms with Gasteiger partial charge in [0.1, 0.15) is 0 Å².